The maximum atomic E-state index is 12.5. The molecule has 32 heavy (non-hydrogen) atoms. The number of carboxylic acid groups (broad SMARTS) is 1. The van der Waals surface area contributed by atoms with E-state index in [9.17, 15) is 18.0 Å². The molecule has 0 saturated carbocycles. The second-order valence-corrected chi connectivity index (χ2v) is 8.50. The van der Waals surface area contributed by atoms with Crippen molar-refractivity contribution in [2.45, 2.75) is 57.3 Å². The highest BCUT2D eigenvalue weighted by Gasteiger charge is 2.46. The van der Waals surface area contributed by atoms with E-state index in [1.165, 1.54) is 5.56 Å². The maximum Gasteiger partial charge on any atom is 0.490 e. The van der Waals surface area contributed by atoms with Crippen LogP contribution in [0.1, 0.15) is 47.8 Å². The van der Waals surface area contributed by atoms with E-state index in [1.807, 2.05) is 26.4 Å². The summed E-state index contributed by atoms with van der Waals surface area (Å²) in [4.78, 5) is 23.8. The van der Waals surface area contributed by atoms with E-state index in [0.717, 1.165) is 56.0 Å². The van der Waals surface area contributed by atoms with Gasteiger partial charge in [-0.3, -0.25) is 14.4 Å². The molecule has 0 radical (unpaired) electrons. The molecule has 4 heterocycles. The summed E-state index contributed by atoms with van der Waals surface area (Å²) in [6.45, 7) is 6.92. The molecule has 176 valence electrons. The maximum absolute atomic E-state index is 12.5. The van der Waals surface area contributed by atoms with Crippen molar-refractivity contribution in [3.05, 3.63) is 41.1 Å². The van der Waals surface area contributed by atoms with E-state index in [-0.39, 0.29) is 17.4 Å². The van der Waals surface area contributed by atoms with Crippen molar-refractivity contribution in [1.82, 2.24) is 20.0 Å². The van der Waals surface area contributed by atoms with Crippen molar-refractivity contribution < 1.29 is 32.3 Å². The predicted molar refractivity (Wildman–Crippen MR) is 108 cm³/mol. The zero-order valence-electron chi connectivity index (χ0n) is 18.2. The van der Waals surface area contributed by atoms with Gasteiger partial charge in [-0.15, -0.1) is 0 Å². The summed E-state index contributed by atoms with van der Waals surface area (Å²) in [6.07, 6.45) is 1.56. The van der Waals surface area contributed by atoms with E-state index in [1.54, 1.807) is 4.68 Å². The molecular weight excluding hydrogens is 429 g/mol. The topological polar surface area (TPSA) is 101 Å². The van der Waals surface area contributed by atoms with Crippen molar-refractivity contribution >= 4 is 11.9 Å². The van der Waals surface area contributed by atoms with Gasteiger partial charge in [-0.05, 0) is 44.7 Å². The summed E-state index contributed by atoms with van der Waals surface area (Å²) in [5.74, 6) is -0.623. The fourth-order valence-electron chi connectivity index (χ4n) is 4.19. The minimum absolute atomic E-state index is 0.0525. The number of carbonyl (C=O) groups excluding carboxylic acids is 1. The van der Waals surface area contributed by atoms with Crippen LogP contribution in [0, 0.1) is 13.8 Å². The molecule has 2 N–H and O–H groups in total. The second-order valence-electron chi connectivity index (χ2n) is 8.50. The minimum atomic E-state index is -5.08. The van der Waals surface area contributed by atoms with E-state index in [2.05, 4.69) is 28.3 Å². The smallest absolute Gasteiger partial charge is 0.475 e. The third-order valence-corrected chi connectivity index (χ3v) is 6.08. The molecule has 0 aliphatic carbocycles. The quantitative estimate of drug-likeness (QED) is 0.737. The Morgan fingerprint density at radius 1 is 1.34 bits per heavy atom. The average Bonchev–Trinajstić information content (AvgIpc) is 3.35. The fraction of sp³-hybridized carbons (Fsp3) is 0.571. The van der Waals surface area contributed by atoms with Gasteiger partial charge in [-0.25, -0.2) is 4.79 Å². The number of nitrogens with one attached hydrogen (secondary N) is 1. The van der Waals surface area contributed by atoms with Crippen LogP contribution in [0.5, 0.6) is 0 Å². The second kappa shape index (κ2) is 8.97. The van der Waals surface area contributed by atoms with E-state index in [4.69, 9.17) is 14.3 Å². The molecule has 1 amide bonds. The van der Waals surface area contributed by atoms with Crippen molar-refractivity contribution in [2.24, 2.45) is 7.05 Å². The van der Waals surface area contributed by atoms with Crippen LogP contribution >= 0.6 is 0 Å². The number of alkyl halides is 3. The monoisotopic (exact) mass is 456 g/mol. The normalized spacial score (nSPS) is 20.7. The number of piperidine rings is 1. The highest BCUT2D eigenvalue weighted by molar-refractivity contribution is 5.87. The summed E-state index contributed by atoms with van der Waals surface area (Å²) in [5.41, 5.74) is 2.19. The van der Waals surface area contributed by atoms with Gasteiger partial charge in [-0.1, -0.05) is 0 Å². The summed E-state index contributed by atoms with van der Waals surface area (Å²) < 4.78 is 39.3. The molecule has 2 aromatic rings. The summed E-state index contributed by atoms with van der Waals surface area (Å²) in [6, 6.07) is 2.13. The number of aliphatic carboxylic acids is 1. The van der Waals surface area contributed by atoms with Crippen LogP contribution in [0.15, 0.2) is 22.9 Å². The minimum Gasteiger partial charge on any atom is -0.475 e. The van der Waals surface area contributed by atoms with Crippen molar-refractivity contribution in [3.8, 4) is 0 Å². The number of likely N-dealkylation sites (tertiary alicyclic amines) is 1. The van der Waals surface area contributed by atoms with Gasteiger partial charge in [0.2, 0.25) is 5.91 Å². The number of furan rings is 1. The van der Waals surface area contributed by atoms with Crippen molar-refractivity contribution in [2.75, 3.05) is 13.1 Å². The molecule has 2 fully saturated rings. The van der Waals surface area contributed by atoms with Crippen LogP contribution < -0.4 is 5.32 Å². The van der Waals surface area contributed by atoms with Crippen LogP contribution in [0.2, 0.25) is 0 Å². The number of hydrogen-bond donors (Lipinski definition) is 2. The van der Waals surface area contributed by atoms with E-state index < -0.39 is 12.1 Å². The number of aromatic nitrogens is 2. The standard InChI is InChI=1S/C19H26N4O2.C2HF3O2/c1-13-8-16(25-14(13)2)12-23-6-4-19(5-7-23)9-17(18(24)21-19)15-10-20-22(3)11-15;3-2(4,5)1(6)7/h8,10-11,17H,4-7,9,12H2,1-3H3,(H,21,24);(H,6,7). The van der Waals surface area contributed by atoms with Crippen molar-refractivity contribution in [3.63, 3.8) is 0 Å². The number of amides is 1. The van der Waals surface area contributed by atoms with Crippen molar-refractivity contribution in [1.29, 1.82) is 0 Å². The Bertz CT molecular complexity index is 955. The SMILES string of the molecule is Cc1cc(CN2CCC3(CC2)CC(c2cnn(C)c2)C(=O)N3)oc1C.O=C(O)C(F)(F)F. The highest BCUT2D eigenvalue weighted by Crippen LogP contribution is 2.39. The van der Waals surface area contributed by atoms with E-state index in [0.29, 0.717) is 0 Å². The Labute approximate surface area is 183 Å². The summed E-state index contributed by atoms with van der Waals surface area (Å²) >= 11 is 0. The van der Waals surface area contributed by atoms with Gasteiger partial charge in [0.1, 0.15) is 11.5 Å². The molecule has 1 unspecified atom stereocenters. The number of hydrogen-bond acceptors (Lipinski definition) is 5. The van der Waals surface area contributed by atoms with E-state index >= 15 is 0 Å². The first-order chi connectivity index (χ1) is 14.9. The lowest BCUT2D eigenvalue weighted by molar-refractivity contribution is -0.192. The summed E-state index contributed by atoms with van der Waals surface area (Å²) in [5, 5.41) is 14.6. The molecule has 2 aliphatic heterocycles. The molecule has 2 aliphatic rings. The Balaban J connectivity index is 0.000000360. The molecule has 0 bridgehead atoms. The Morgan fingerprint density at radius 3 is 2.44 bits per heavy atom. The number of rotatable bonds is 3. The lowest BCUT2D eigenvalue weighted by Gasteiger charge is -2.39. The van der Waals surface area contributed by atoms with Gasteiger partial charge in [-0.2, -0.15) is 18.3 Å². The first kappa shape index (κ1) is 23.8. The van der Waals surface area contributed by atoms with Crippen LogP contribution in [0.4, 0.5) is 13.2 Å². The van der Waals surface area contributed by atoms with Gasteiger partial charge in [0.15, 0.2) is 0 Å². The molecule has 0 aromatic carbocycles. The first-order valence-corrected chi connectivity index (χ1v) is 10.3. The van der Waals surface area contributed by atoms with Crippen LogP contribution in [-0.4, -0.2) is 56.5 Å². The molecule has 1 atom stereocenters. The van der Waals surface area contributed by atoms with Gasteiger partial charge in [0, 0.05) is 37.4 Å². The zero-order valence-corrected chi connectivity index (χ0v) is 18.2. The number of nitrogens with zero attached hydrogens (tertiary/aromatic N) is 3. The number of halogens is 3. The zero-order chi connectivity index (χ0) is 23.7. The Morgan fingerprint density at radius 2 is 1.97 bits per heavy atom. The molecule has 8 nitrogen and oxygen atoms in total. The Kier molecular flexibility index (Phi) is 6.68. The summed E-state index contributed by atoms with van der Waals surface area (Å²) in [7, 11) is 1.89. The fourth-order valence-corrected chi connectivity index (χ4v) is 4.19. The van der Waals surface area contributed by atoms with Crippen LogP contribution in [0.25, 0.3) is 0 Å². The molecule has 2 aromatic heterocycles. The third-order valence-electron chi connectivity index (χ3n) is 6.08. The van der Waals surface area contributed by atoms with Crippen LogP contribution in [-0.2, 0) is 23.2 Å². The molecule has 11 heteroatoms. The molecule has 2 saturated heterocycles. The van der Waals surface area contributed by atoms with Gasteiger partial charge in [0.25, 0.3) is 0 Å². The lowest BCUT2D eigenvalue weighted by atomic mass is 9.82. The number of carbonyl (C=O) groups is 2. The van der Waals surface area contributed by atoms with Crippen LogP contribution in [0.3, 0.4) is 0 Å². The highest BCUT2D eigenvalue weighted by atomic mass is 19.4. The molecule has 1 spiro atoms. The number of aryl methyl sites for hydroxylation is 3. The van der Waals surface area contributed by atoms with Gasteiger partial charge in [0.05, 0.1) is 18.7 Å². The first-order valence-electron chi connectivity index (χ1n) is 10.3. The molecule has 4 rings (SSSR count). The number of carboxylic acids is 1. The largest absolute Gasteiger partial charge is 0.490 e. The predicted octanol–water partition coefficient (Wildman–Crippen LogP) is 2.90. The Hall–Kier alpha value is -2.82. The van der Waals surface area contributed by atoms with Gasteiger partial charge < -0.3 is 14.8 Å². The van der Waals surface area contributed by atoms with Gasteiger partial charge >= 0.3 is 12.1 Å². The third kappa shape index (κ3) is 5.50. The average molecular weight is 456 g/mol. The lowest BCUT2D eigenvalue weighted by Crippen LogP contribution is -2.50. The molecular formula is C21H27F3N4O4.